The zero-order valence-corrected chi connectivity index (χ0v) is 16.8. The van der Waals surface area contributed by atoms with Gasteiger partial charge in [0.2, 0.25) is 0 Å². The Morgan fingerprint density at radius 3 is 2.62 bits per heavy atom. The maximum absolute atomic E-state index is 11.8. The number of hydrogen-bond donors (Lipinski definition) is 3. The zero-order valence-electron chi connectivity index (χ0n) is 16.8. The van der Waals surface area contributed by atoms with Crippen molar-refractivity contribution in [3.63, 3.8) is 0 Å². The number of nitrogens with one attached hydrogen (secondary N) is 3. The number of carbonyl (C=O) groups is 3. The minimum absolute atomic E-state index is 0.0816. The van der Waals surface area contributed by atoms with Crippen LogP contribution in [0.4, 0.5) is 0 Å². The summed E-state index contributed by atoms with van der Waals surface area (Å²) in [5.41, 5.74) is 2.87. The number of hydrogen-bond acceptors (Lipinski definition) is 6. The molecule has 1 heterocycles. The van der Waals surface area contributed by atoms with Crippen molar-refractivity contribution in [2.24, 2.45) is 11.0 Å². The van der Waals surface area contributed by atoms with Gasteiger partial charge in [-0.3, -0.25) is 14.4 Å². The fourth-order valence-electron chi connectivity index (χ4n) is 2.48. The first-order chi connectivity index (χ1) is 13.9. The number of rotatable bonds is 9. The third kappa shape index (κ3) is 8.73. The van der Waals surface area contributed by atoms with Crippen LogP contribution in [0.1, 0.15) is 32.3 Å². The maximum atomic E-state index is 11.8. The smallest absolute Gasteiger partial charge is 0.329 e. The van der Waals surface area contributed by atoms with E-state index in [1.807, 2.05) is 13.8 Å². The van der Waals surface area contributed by atoms with Crippen molar-refractivity contribution in [2.45, 2.75) is 32.8 Å². The molecule has 0 aromatic heterocycles. The van der Waals surface area contributed by atoms with Gasteiger partial charge in [0, 0.05) is 19.7 Å². The molecule has 3 N–H and O–H groups in total. The van der Waals surface area contributed by atoms with Crippen LogP contribution in [0, 0.1) is 5.92 Å². The quantitative estimate of drug-likeness (QED) is 0.316. The molecule has 0 unspecified atom stereocenters. The molecule has 2 rings (SSSR count). The molecule has 0 aliphatic carbocycles. The summed E-state index contributed by atoms with van der Waals surface area (Å²) in [6.45, 7) is 5.45. The first-order valence-corrected chi connectivity index (χ1v) is 9.66. The van der Waals surface area contributed by atoms with Crippen molar-refractivity contribution in [3.8, 4) is 5.75 Å². The van der Waals surface area contributed by atoms with Gasteiger partial charge >= 0.3 is 11.8 Å². The van der Waals surface area contributed by atoms with E-state index in [1.165, 1.54) is 6.21 Å². The summed E-state index contributed by atoms with van der Waals surface area (Å²) >= 11 is 0. The molecule has 9 heteroatoms. The van der Waals surface area contributed by atoms with E-state index in [1.54, 1.807) is 24.3 Å². The Kier molecular flexibility index (Phi) is 9.10. The fourth-order valence-corrected chi connectivity index (χ4v) is 2.48. The van der Waals surface area contributed by atoms with Crippen LogP contribution in [0.5, 0.6) is 5.75 Å². The number of ether oxygens (including phenoxy) is 2. The first-order valence-electron chi connectivity index (χ1n) is 9.66. The SMILES string of the molecule is CC(C)CNC(=O)C(=O)N/N=C\c1ccc(OCC(=O)NC[C@@H]2CCCO2)cc1. The molecule has 1 aliphatic heterocycles. The Bertz CT molecular complexity index is 712. The highest BCUT2D eigenvalue weighted by Crippen LogP contribution is 2.12. The minimum Gasteiger partial charge on any atom is -0.484 e. The lowest BCUT2D eigenvalue weighted by atomic mass is 10.2. The van der Waals surface area contributed by atoms with E-state index < -0.39 is 11.8 Å². The Hall–Kier alpha value is -2.94. The van der Waals surface area contributed by atoms with Gasteiger partial charge in [-0.05, 0) is 48.6 Å². The van der Waals surface area contributed by atoms with Gasteiger partial charge in [0.05, 0.1) is 12.3 Å². The predicted molar refractivity (Wildman–Crippen MR) is 108 cm³/mol. The molecule has 1 saturated heterocycles. The summed E-state index contributed by atoms with van der Waals surface area (Å²) in [5.74, 6) is -0.965. The van der Waals surface area contributed by atoms with Crippen molar-refractivity contribution in [1.29, 1.82) is 0 Å². The third-order valence-corrected chi connectivity index (χ3v) is 4.06. The summed E-state index contributed by atoms with van der Waals surface area (Å²) in [6, 6.07) is 6.81. The van der Waals surface area contributed by atoms with Gasteiger partial charge in [-0.25, -0.2) is 5.43 Å². The second kappa shape index (κ2) is 11.8. The Labute approximate surface area is 170 Å². The van der Waals surface area contributed by atoms with E-state index in [-0.39, 0.29) is 24.5 Å². The van der Waals surface area contributed by atoms with Crippen LogP contribution in [-0.2, 0) is 19.1 Å². The van der Waals surface area contributed by atoms with Crippen LogP contribution in [0.15, 0.2) is 29.4 Å². The second-order valence-electron chi connectivity index (χ2n) is 7.10. The van der Waals surface area contributed by atoms with E-state index >= 15 is 0 Å². The first kappa shape index (κ1) is 22.4. The van der Waals surface area contributed by atoms with Crippen molar-refractivity contribution < 1.29 is 23.9 Å². The molecule has 1 aromatic rings. The van der Waals surface area contributed by atoms with Gasteiger partial charge in [0.1, 0.15) is 5.75 Å². The Morgan fingerprint density at radius 1 is 1.21 bits per heavy atom. The van der Waals surface area contributed by atoms with Gasteiger partial charge < -0.3 is 20.1 Å². The minimum atomic E-state index is -0.823. The molecule has 29 heavy (non-hydrogen) atoms. The van der Waals surface area contributed by atoms with Crippen LogP contribution in [0.3, 0.4) is 0 Å². The molecule has 1 aliphatic rings. The van der Waals surface area contributed by atoms with Crippen molar-refractivity contribution in [1.82, 2.24) is 16.1 Å². The zero-order chi connectivity index (χ0) is 21.1. The van der Waals surface area contributed by atoms with E-state index in [4.69, 9.17) is 9.47 Å². The van der Waals surface area contributed by atoms with Crippen LogP contribution in [0.2, 0.25) is 0 Å². The van der Waals surface area contributed by atoms with Gasteiger partial charge in [-0.2, -0.15) is 5.10 Å². The van der Waals surface area contributed by atoms with Crippen LogP contribution < -0.4 is 20.8 Å². The highest BCUT2D eigenvalue weighted by molar-refractivity contribution is 6.35. The standard InChI is InChI=1S/C20H28N4O5/c1-14(2)10-22-19(26)20(27)24-23-11-15-5-7-16(8-6-15)29-13-18(25)21-12-17-4-3-9-28-17/h5-8,11,14,17H,3-4,9-10,12-13H2,1-2H3,(H,21,25)(H,22,26)(H,24,27)/b23-11-/t17-/m0/s1. The number of benzene rings is 1. The van der Waals surface area contributed by atoms with Gasteiger partial charge in [0.15, 0.2) is 6.61 Å². The van der Waals surface area contributed by atoms with Gasteiger partial charge in [-0.1, -0.05) is 13.8 Å². The number of nitrogens with zero attached hydrogens (tertiary/aromatic N) is 1. The van der Waals surface area contributed by atoms with Crippen molar-refractivity contribution in [3.05, 3.63) is 29.8 Å². The Morgan fingerprint density at radius 2 is 1.97 bits per heavy atom. The summed E-state index contributed by atoms with van der Waals surface area (Å²) in [7, 11) is 0. The normalized spacial score (nSPS) is 16.0. The van der Waals surface area contributed by atoms with Crippen molar-refractivity contribution in [2.75, 3.05) is 26.3 Å². The lowest BCUT2D eigenvalue weighted by molar-refractivity contribution is -0.139. The highest BCUT2D eigenvalue weighted by Gasteiger charge is 2.16. The molecule has 1 atom stereocenters. The predicted octanol–water partition coefficient (Wildman–Crippen LogP) is 0.583. The molecule has 1 fully saturated rings. The van der Waals surface area contributed by atoms with Crippen LogP contribution in [-0.4, -0.2) is 56.3 Å². The second-order valence-corrected chi connectivity index (χ2v) is 7.10. The van der Waals surface area contributed by atoms with Gasteiger partial charge in [-0.15, -0.1) is 0 Å². The van der Waals surface area contributed by atoms with E-state index in [0.717, 1.165) is 19.4 Å². The summed E-state index contributed by atoms with van der Waals surface area (Å²) in [4.78, 5) is 34.9. The summed E-state index contributed by atoms with van der Waals surface area (Å²) in [5, 5.41) is 9.04. The number of carbonyl (C=O) groups excluding carboxylic acids is 3. The largest absolute Gasteiger partial charge is 0.484 e. The van der Waals surface area contributed by atoms with Crippen molar-refractivity contribution >= 4 is 23.9 Å². The van der Waals surface area contributed by atoms with Gasteiger partial charge in [0.25, 0.3) is 5.91 Å². The molecule has 1 aromatic carbocycles. The van der Waals surface area contributed by atoms with E-state index in [2.05, 4.69) is 21.2 Å². The molecular formula is C20H28N4O5. The average molecular weight is 404 g/mol. The number of hydrazone groups is 1. The molecule has 158 valence electrons. The Balaban J connectivity index is 1.68. The summed E-state index contributed by atoms with van der Waals surface area (Å²) in [6.07, 6.45) is 3.50. The molecule has 9 nitrogen and oxygen atoms in total. The molecular weight excluding hydrogens is 376 g/mol. The lowest BCUT2D eigenvalue weighted by Crippen LogP contribution is -2.39. The van der Waals surface area contributed by atoms with Crippen LogP contribution in [0.25, 0.3) is 0 Å². The maximum Gasteiger partial charge on any atom is 0.329 e. The molecule has 0 bridgehead atoms. The molecule has 3 amide bonds. The number of amides is 3. The van der Waals surface area contributed by atoms with E-state index in [0.29, 0.717) is 24.4 Å². The van der Waals surface area contributed by atoms with Crippen LogP contribution >= 0.6 is 0 Å². The molecule has 0 saturated carbocycles. The molecule has 0 spiro atoms. The highest BCUT2D eigenvalue weighted by atomic mass is 16.5. The topological polar surface area (TPSA) is 118 Å². The third-order valence-electron chi connectivity index (χ3n) is 4.06. The monoisotopic (exact) mass is 404 g/mol. The average Bonchev–Trinajstić information content (AvgIpc) is 3.23. The molecule has 0 radical (unpaired) electrons. The fraction of sp³-hybridized carbons (Fsp3) is 0.500. The lowest BCUT2D eigenvalue weighted by Gasteiger charge is -2.11. The summed E-state index contributed by atoms with van der Waals surface area (Å²) < 4.78 is 10.9. The van der Waals surface area contributed by atoms with E-state index in [9.17, 15) is 14.4 Å².